The van der Waals surface area contributed by atoms with Gasteiger partial charge in [0.2, 0.25) is 10.0 Å². The molecule has 3 unspecified atom stereocenters. The summed E-state index contributed by atoms with van der Waals surface area (Å²) in [7, 11) is -3.79. The minimum absolute atomic E-state index is 0.149. The lowest BCUT2D eigenvalue weighted by Gasteiger charge is -2.24. The maximum absolute atomic E-state index is 12.8. The number of carboxylic acids is 1. The molecule has 2 N–H and O–H groups in total. The van der Waals surface area contributed by atoms with Gasteiger partial charge in [-0.3, -0.25) is 9.78 Å². The van der Waals surface area contributed by atoms with E-state index in [-0.39, 0.29) is 10.8 Å². The van der Waals surface area contributed by atoms with Crippen LogP contribution in [0.15, 0.2) is 84.0 Å². The van der Waals surface area contributed by atoms with Crippen LogP contribution in [0.25, 0.3) is 0 Å². The van der Waals surface area contributed by atoms with Gasteiger partial charge in [0.25, 0.3) is 0 Å². The third kappa shape index (κ3) is 6.87. The predicted molar refractivity (Wildman–Crippen MR) is 129 cm³/mol. The number of sulfonamides is 1. The highest BCUT2D eigenvalue weighted by Crippen LogP contribution is 2.30. The number of alkyl halides is 1. The average molecular weight is 487 g/mol. The maximum atomic E-state index is 12.8. The molecular weight excluding hydrogens is 460 g/mol. The Balaban J connectivity index is 1.80. The molecule has 6 nitrogen and oxygen atoms in total. The molecule has 1 aromatic heterocycles. The van der Waals surface area contributed by atoms with Gasteiger partial charge in [-0.2, -0.15) is 4.72 Å². The second-order valence-corrected chi connectivity index (χ2v) is 10.1. The average Bonchev–Trinajstić information content (AvgIpc) is 2.82. The Morgan fingerprint density at radius 1 is 1.03 bits per heavy atom. The highest BCUT2D eigenvalue weighted by atomic mass is 35.5. The van der Waals surface area contributed by atoms with E-state index in [1.807, 2.05) is 30.5 Å². The molecule has 0 aliphatic carbocycles. The van der Waals surface area contributed by atoms with Crippen molar-refractivity contribution in [1.82, 2.24) is 9.71 Å². The number of pyridine rings is 1. The van der Waals surface area contributed by atoms with Crippen molar-refractivity contribution in [3.63, 3.8) is 0 Å². The predicted octanol–water partition coefficient (Wildman–Crippen LogP) is 4.92. The third-order valence-electron chi connectivity index (χ3n) is 5.61. The molecule has 0 aliphatic heterocycles. The Bertz CT molecular complexity index is 1140. The zero-order valence-corrected chi connectivity index (χ0v) is 19.8. The van der Waals surface area contributed by atoms with Crippen molar-refractivity contribution in [2.75, 3.05) is 0 Å². The zero-order chi connectivity index (χ0) is 23.8. The number of rotatable bonds is 11. The molecule has 3 aromatic rings. The molecule has 0 saturated carbocycles. The minimum Gasteiger partial charge on any atom is -0.481 e. The Kier molecular flexibility index (Phi) is 8.61. The number of aliphatic carboxylic acids is 1. The lowest BCUT2D eigenvalue weighted by Crippen LogP contribution is -2.35. The summed E-state index contributed by atoms with van der Waals surface area (Å²) in [5.74, 6) is -1.84. The molecule has 0 aliphatic rings. The normalized spacial score (nSPS) is 14.4. The lowest BCUT2D eigenvalue weighted by atomic mass is 9.90. The van der Waals surface area contributed by atoms with E-state index in [2.05, 4.69) is 9.71 Å². The standard InChI is InChI=1S/C25H27ClN2O4S/c1-18(25(29)30)20-12-14-21(15-13-20)23(11-5-7-19-8-6-16-27-17-19)24(26)28-33(31,32)22-9-3-2-4-10-22/h2-4,6,8-10,12-18,23-24,28H,5,7,11H2,1H3,(H,29,30). The van der Waals surface area contributed by atoms with Crippen LogP contribution in [0.4, 0.5) is 0 Å². The van der Waals surface area contributed by atoms with Crippen molar-refractivity contribution >= 4 is 27.6 Å². The molecule has 0 saturated heterocycles. The fourth-order valence-corrected chi connectivity index (χ4v) is 5.36. The van der Waals surface area contributed by atoms with Gasteiger partial charge in [0.05, 0.1) is 10.8 Å². The molecule has 174 valence electrons. The van der Waals surface area contributed by atoms with E-state index in [0.29, 0.717) is 12.0 Å². The van der Waals surface area contributed by atoms with Crippen molar-refractivity contribution < 1.29 is 18.3 Å². The molecule has 3 atom stereocenters. The topological polar surface area (TPSA) is 96.4 Å². The van der Waals surface area contributed by atoms with Crippen molar-refractivity contribution in [2.24, 2.45) is 0 Å². The first kappa shape index (κ1) is 24.9. The van der Waals surface area contributed by atoms with E-state index in [9.17, 15) is 18.3 Å². The van der Waals surface area contributed by atoms with Gasteiger partial charge in [0.15, 0.2) is 0 Å². The Morgan fingerprint density at radius 2 is 1.70 bits per heavy atom. The van der Waals surface area contributed by atoms with E-state index in [1.54, 1.807) is 43.5 Å². The van der Waals surface area contributed by atoms with E-state index in [4.69, 9.17) is 11.6 Å². The molecule has 1 heterocycles. The van der Waals surface area contributed by atoms with Gasteiger partial charge in [-0.05, 0) is 61.1 Å². The van der Waals surface area contributed by atoms with Crippen LogP contribution in [0.5, 0.6) is 0 Å². The zero-order valence-electron chi connectivity index (χ0n) is 18.3. The van der Waals surface area contributed by atoms with Crippen LogP contribution >= 0.6 is 11.6 Å². The lowest BCUT2D eigenvalue weighted by molar-refractivity contribution is -0.138. The van der Waals surface area contributed by atoms with Crippen LogP contribution < -0.4 is 4.72 Å². The monoisotopic (exact) mass is 486 g/mol. The summed E-state index contributed by atoms with van der Waals surface area (Å²) in [6, 6.07) is 19.2. The number of aryl methyl sites for hydroxylation is 1. The first-order chi connectivity index (χ1) is 15.8. The summed E-state index contributed by atoms with van der Waals surface area (Å²) in [5.41, 5.74) is 1.74. The Labute approximate surface area is 199 Å². The summed E-state index contributed by atoms with van der Waals surface area (Å²) >= 11 is 6.65. The SMILES string of the molecule is CC(C(=O)O)c1ccc(C(CCCc2cccnc2)C(Cl)NS(=O)(=O)c2ccccc2)cc1. The number of carbonyl (C=O) groups is 1. The molecule has 0 amide bonds. The van der Waals surface area contributed by atoms with Gasteiger partial charge in [0, 0.05) is 18.3 Å². The summed E-state index contributed by atoms with van der Waals surface area (Å²) in [4.78, 5) is 15.6. The van der Waals surface area contributed by atoms with Gasteiger partial charge in [-0.25, -0.2) is 8.42 Å². The molecule has 3 rings (SSSR count). The molecular formula is C25H27ClN2O4S. The molecule has 8 heteroatoms. The van der Waals surface area contributed by atoms with Crippen LogP contribution in [-0.4, -0.2) is 30.0 Å². The highest BCUT2D eigenvalue weighted by Gasteiger charge is 2.27. The van der Waals surface area contributed by atoms with E-state index in [0.717, 1.165) is 24.0 Å². The molecule has 0 bridgehead atoms. The second kappa shape index (κ2) is 11.4. The fraction of sp³-hybridized carbons (Fsp3) is 0.280. The van der Waals surface area contributed by atoms with Crippen LogP contribution in [0.3, 0.4) is 0 Å². The van der Waals surface area contributed by atoms with Gasteiger partial charge < -0.3 is 5.11 Å². The number of halogens is 1. The highest BCUT2D eigenvalue weighted by molar-refractivity contribution is 7.89. The molecule has 0 radical (unpaired) electrons. The van der Waals surface area contributed by atoms with Crippen molar-refractivity contribution in [2.45, 2.75) is 48.4 Å². The van der Waals surface area contributed by atoms with Crippen molar-refractivity contribution in [1.29, 1.82) is 0 Å². The number of nitrogens with one attached hydrogen (secondary N) is 1. The number of hydrogen-bond donors (Lipinski definition) is 2. The maximum Gasteiger partial charge on any atom is 0.310 e. The second-order valence-electron chi connectivity index (χ2n) is 7.92. The summed E-state index contributed by atoms with van der Waals surface area (Å²) in [6.45, 7) is 1.63. The number of aromatic nitrogens is 1. The van der Waals surface area contributed by atoms with Gasteiger partial charge in [-0.1, -0.05) is 48.5 Å². The number of hydrogen-bond acceptors (Lipinski definition) is 4. The number of benzene rings is 2. The third-order valence-corrected chi connectivity index (χ3v) is 7.61. The molecule has 0 spiro atoms. The largest absolute Gasteiger partial charge is 0.481 e. The number of carboxylic acid groups (broad SMARTS) is 1. The number of nitrogens with zero attached hydrogens (tertiary/aromatic N) is 1. The van der Waals surface area contributed by atoms with Crippen LogP contribution in [-0.2, 0) is 21.2 Å². The Morgan fingerprint density at radius 3 is 2.30 bits per heavy atom. The van der Waals surface area contributed by atoms with E-state index >= 15 is 0 Å². The Hall–Kier alpha value is -2.74. The molecule has 2 aromatic carbocycles. The van der Waals surface area contributed by atoms with Crippen LogP contribution in [0.2, 0.25) is 0 Å². The minimum atomic E-state index is -3.79. The smallest absolute Gasteiger partial charge is 0.310 e. The summed E-state index contributed by atoms with van der Waals surface area (Å²) < 4.78 is 28.3. The van der Waals surface area contributed by atoms with E-state index in [1.165, 1.54) is 12.1 Å². The fourth-order valence-electron chi connectivity index (χ4n) is 3.63. The molecule has 0 fully saturated rings. The van der Waals surface area contributed by atoms with Crippen LogP contribution in [0.1, 0.15) is 48.3 Å². The first-order valence-electron chi connectivity index (χ1n) is 10.7. The van der Waals surface area contributed by atoms with E-state index < -0.39 is 27.4 Å². The quantitative estimate of drug-likeness (QED) is 0.296. The van der Waals surface area contributed by atoms with Gasteiger partial charge in [-0.15, -0.1) is 11.6 Å². The first-order valence-corrected chi connectivity index (χ1v) is 12.6. The molecule has 33 heavy (non-hydrogen) atoms. The van der Waals surface area contributed by atoms with Crippen molar-refractivity contribution in [3.05, 3.63) is 95.8 Å². The van der Waals surface area contributed by atoms with Gasteiger partial charge in [0.1, 0.15) is 5.50 Å². The summed E-state index contributed by atoms with van der Waals surface area (Å²) in [5, 5.41) is 9.26. The van der Waals surface area contributed by atoms with Crippen LogP contribution in [0, 0.1) is 0 Å². The van der Waals surface area contributed by atoms with Crippen molar-refractivity contribution in [3.8, 4) is 0 Å². The van der Waals surface area contributed by atoms with Gasteiger partial charge >= 0.3 is 5.97 Å². The summed E-state index contributed by atoms with van der Waals surface area (Å²) in [6.07, 6.45) is 5.73.